The molecular weight excluding hydrogens is 208 g/mol. The molecule has 5 nitrogen and oxygen atoms in total. The summed E-state index contributed by atoms with van der Waals surface area (Å²) < 4.78 is 0. The number of aliphatic carboxylic acids is 1. The van der Waals surface area contributed by atoms with Gasteiger partial charge in [-0.05, 0) is 20.3 Å². The Labute approximate surface area is 96.4 Å². The van der Waals surface area contributed by atoms with E-state index in [1.54, 1.807) is 13.8 Å². The summed E-state index contributed by atoms with van der Waals surface area (Å²) in [6, 6.07) is 0. The molecule has 0 heterocycles. The Hall–Kier alpha value is -1.10. The van der Waals surface area contributed by atoms with Crippen LogP contribution in [0.4, 0.5) is 0 Å². The van der Waals surface area contributed by atoms with E-state index in [0.717, 1.165) is 6.42 Å². The summed E-state index contributed by atoms with van der Waals surface area (Å²) in [4.78, 5) is 22.5. The van der Waals surface area contributed by atoms with E-state index in [4.69, 9.17) is 10.8 Å². The Bertz CT molecular complexity index is 252. The van der Waals surface area contributed by atoms with Gasteiger partial charge in [0.15, 0.2) is 0 Å². The molecule has 0 aromatic carbocycles. The summed E-state index contributed by atoms with van der Waals surface area (Å²) in [5.41, 5.74) is 4.81. The van der Waals surface area contributed by atoms with Crippen molar-refractivity contribution >= 4 is 11.9 Å². The van der Waals surface area contributed by atoms with Gasteiger partial charge in [-0.3, -0.25) is 9.59 Å². The molecule has 0 saturated carbocycles. The highest BCUT2D eigenvalue weighted by Crippen LogP contribution is 2.13. The second-order valence-corrected chi connectivity index (χ2v) is 4.62. The van der Waals surface area contributed by atoms with Gasteiger partial charge in [0, 0.05) is 13.1 Å². The first kappa shape index (κ1) is 14.9. The number of carboxylic acids is 1. The molecule has 5 heteroatoms. The van der Waals surface area contributed by atoms with Crippen LogP contribution in [0.15, 0.2) is 0 Å². The van der Waals surface area contributed by atoms with E-state index < -0.39 is 17.3 Å². The molecule has 0 aromatic heterocycles. The van der Waals surface area contributed by atoms with Gasteiger partial charge in [-0.15, -0.1) is 0 Å². The minimum atomic E-state index is -0.868. The van der Waals surface area contributed by atoms with Gasteiger partial charge in [0.1, 0.15) is 0 Å². The van der Waals surface area contributed by atoms with Crippen molar-refractivity contribution in [1.82, 2.24) is 5.32 Å². The highest BCUT2D eigenvalue weighted by atomic mass is 16.4. The fourth-order valence-corrected chi connectivity index (χ4v) is 1.21. The number of carbonyl (C=O) groups excluding carboxylic acids is 1. The van der Waals surface area contributed by atoms with Crippen molar-refractivity contribution in [2.24, 2.45) is 17.1 Å². The van der Waals surface area contributed by atoms with E-state index in [9.17, 15) is 9.59 Å². The molecule has 94 valence electrons. The third kappa shape index (κ3) is 4.61. The summed E-state index contributed by atoms with van der Waals surface area (Å²) >= 11 is 0. The molecule has 0 aromatic rings. The predicted molar refractivity (Wildman–Crippen MR) is 61.9 cm³/mol. The number of carboxylic acid groups (broad SMARTS) is 1. The van der Waals surface area contributed by atoms with Crippen LogP contribution < -0.4 is 11.1 Å². The van der Waals surface area contributed by atoms with Gasteiger partial charge in [0.25, 0.3) is 0 Å². The summed E-state index contributed by atoms with van der Waals surface area (Å²) in [6.07, 6.45) is 1.35. The highest BCUT2D eigenvalue weighted by molar-refractivity contribution is 5.82. The van der Waals surface area contributed by atoms with Crippen LogP contribution in [0.1, 0.15) is 33.6 Å². The summed E-state index contributed by atoms with van der Waals surface area (Å²) in [5.74, 6) is -1.58. The van der Waals surface area contributed by atoms with Gasteiger partial charge < -0.3 is 16.2 Å². The number of carbonyl (C=O) groups is 2. The summed E-state index contributed by atoms with van der Waals surface area (Å²) in [6.45, 7) is 5.80. The van der Waals surface area contributed by atoms with E-state index in [1.807, 2.05) is 6.92 Å². The molecule has 1 unspecified atom stereocenters. The predicted octanol–water partition coefficient (Wildman–Crippen LogP) is 0.588. The van der Waals surface area contributed by atoms with Crippen molar-refractivity contribution in [3.8, 4) is 0 Å². The second kappa shape index (κ2) is 6.48. The molecule has 0 aliphatic carbocycles. The Kier molecular flexibility index (Phi) is 6.03. The molecule has 0 rings (SSSR count). The number of amides is 1. The SMILES string of the molecule is CCCC(CNC(=O)C(C)(C)CN)C(=O)O. The van der Waals surface area contributed by atoms with Crippen LogP contribution >= 0.6 is 0 Å². The zero-order chi connectivity index (χ0) is 12.8. The molecule has 0 bridgehead atoms. The molecule has 0 saturated heterocycles. The van der Waals surface area contributed by atoms with Gasteiger partial charge in [-0.1, -0.05) is 13.3 Å². The molecule has 0 spiro atoms. The molecular formula is C11H22N2O3. The van der Waals surface area contributed by atoms with Gasteiger partial charge in [0.05, 0.1) is 11.3 Å². The third-order valence-electron chi connectivity index (χ3n) is 2.62. The van der Waals surface area contributed by atoms with E-state index >= 15 is 0 Å². The van der Waals surface area contributed by atoms with Gasteiger partial charge >= 0.3 is 5.97 Å². The maximum absolute atomic E-state index is 11.6. The second-order valence-electron chi connectivity index (χ2n) is 4.62. The Morgan fingerprint density at radius 3 is 2.38 bits per heavy atom. The van der Waals surface area contributed by atoms with Crippen molar-refractivity contribution < 1.29 is 14.7 Å². The molecule has 0 fully saturated rings. The van der Waals surface area contributed by atoms with Gasteiger partial charge in [-0.2, -0.15) is 0 Å². The normalized spacial score (nSPS) is 13.2. The maximum atomic E-state index is 11.6. The van der Waals surface area contributed by atoms with Crippen molar-refractivity contribution in [3.63, 3.8) is 0 Å². The fourth-order valence-electron chi connectivity index (χ4n) is 1.21. The Morgan fingerprint density at radius 2 is 2.00 bits per heavy atom. The summed E-state index contributed by atoms with van der Waals surface area (Å²) in [5, 5.41) is 11.5. The topological polar surface area (TPSA) is 92.4 Å². The lowest BCUT2D eigenvalue weighted by Crippen LogP contribution is -2.44. The van der Waals surface area contributed by atoms with Crippen molar-refractivity contribution in [3.05, 3.63) is 0 Å². The lowest BCUT2D eigenvalue weighted by Gasteiger charge is -2.22. The zero-order valence-corrected chi connectivity index (χ0v) is 10.2. The van der Waals surface area contributed by atoms with Crippen LogP contribution in [-0.4, -0.2) is 30.1 Å². The number of rotatable bonds is 7. The van der Waals surface area contributed by atoms with E-state index in [1.165, 1.54) is 0 Å². The highest BCUT2D eigenvalue weighted by Gasteiger charge is 2.27. The van der Waals surface area contributed by atoms with Crippen LogP contribution in [-0.2, 0) is 9.59 Å². The van der Waals surface area contributed by atoms with E-state index in [0.29, 0.717) is 6.42 Å². The largest absolute Gasteiger partial charge is 0.481 e. The maximum Gasteiger partial charge on any atom is 0.308 e. The zero-order valence-electron chi connectivity index (χ0n) is 10.2. The number of nitrogens with one attached hydrogen (secondary N) is 1. The first-order chi connectivity index (χ1) is 7.35. The van der Waals surface area contributed by atoms with Gasteiger partial charge in [0.2, 0.25) is 5.91 Å². The molecule has 0 aliphatic rings. The Balaban J connectivity index is 4.21. The number of hydrogen-bond donors (Lipinski definition) is 3. The van der Waals surface area contributed by atoms with E-state index in [-0.39, 0.29) is 19.0 Å². The fraction of sp³-hybridized carbons (Fsp3) is 0.818. The van der Waals surface area contributed by atoms with Crippen LogP contribution in [0.3, 0.4) is 0 Å². The molecule has 0 aliphatic heterocycles. The average molecular weight is 230 g/mol. The van der Waals surface area contributed by atoms with Crippen LogP contribution in [0.25, 0.3) is 0 Å². The van der Waals surface area contributed by atoms with Gasteiger partial charge in [-0.25, -0.2) is 0 Å². The van der Waals surface area contributed by atoms with E-state index in [2.05, 4.69) is 5.32 Å². The number of hydrogen-bond acceptors (Lipinski definition) is 3. The smallest absolute Gasteiger partial charge is 0.308 e. The summed E-state index contributed by atoms with van der Waals surface area (Å²) in [7, 11) is 0. The number of nitrogens with two attached hydrogens (primary N) is 1. The molecule has 4 N–H and O–H groups in total. The van der Waals surface area contributed by atoms with Crippen molar-refractivity contribution in [1.29, 1.82) is 0 Å². The first-order valence-corrected chi connectivity index (χ1v) is 5.56. The standard InChI is InChI=1S/C11H22N2O3/c1-4-5-8(9(14)15)6-13-10(16)11(2,3)7-12/h8H,4-7,12H2,1-3H3,(H,13,16)(H,14,15). The molecule has 16 heavy (non-hydrogen) atoms. The quantitative estimate of drug-likeness (QED) is 0.596. The third-order valence-corrected chi connectivity index (χ3v) is 2.62. The van der Waals surface area contributed by atoms with Crippen molar-refractivity contribution in [2.45, 2.75) is 33.6 Å². The van der Waals surface area contributed by atoms with Crippen molar-refractivity contribution in [2.75, 3.05) is 13.1 Å². The average Bonchev–Trinajstić information content (AvgIpc) is 2.23. The molecule has 1 atom stereocenters. The minimum Gasteiger partial charge on any atom is -0.481 e. The van der Waals surface area contributed by atoms with Crippen LogP contribution in [0, 0.1) is 11.3 Å². The monoisotopic (exact) mass is 230 g/mol. The molecule has 1 amide bonds. The van der Waals surface area contributed by atoms with Crippen LogP contribution in [0.5, 0.6) is 0 Å². The molecule has 0 radical (unpaired) electrons. The lowest BCUT2D eigenvalue weighted by atomic mass is 9.92. The lowest BCUT2D eigenvalue weighted by molar-refractivity contribution is -0.142. The Morgan fingerprint density at radius 1 is 1.44 bits per heavy atom. The van der Waals surface area contributed by atoms with Crippen LogP contribution in [0.2, 0.25) is 0 Å². The first-order valence-electron chi connectivity index (χ1n) is 5.56. The minimum absolute atomic E-state index is 0.172.